The Bertz CT molecular complexity index is 1140. The van der Waals surface area contributed by atoms with Crippen LogP contribution in [0, 0.1) is 5.92 Å². The van der Waals surface area contributed by atoms with Gasteiger partial charge in [0.05, 0.1) is 6.04 Å². The lowest BCUT2D eigenvalue weighted by Crippen LogP contribution is -2.54. The maximum atomic E-state index is 13.1. The van der Waals surface area contributed by atoms with Crippen molar-refractivity contribution in [2.24, 2.45) is 5.92 Å². The first-order valence-electron chi connectivity index (χ1n) is 15.2. The second-order valence-corrected chi connectivity index (χ2v) is 11.9. The number of hydrogen-bond donors (Lipinski definition) is 3. The number of aliphatic hydroxyl groups is 1. The van der Waals surface area contributed by atoms with Crippen LogP contribution in [0.2, 0.25) is 0 Å². The highest BCUT2D eigenvalue weighted by Gasteiger charge is 2.38. The van der Waals surface area contributed by atoms with E-state index in [4.69, 9.17) is 0 Å². The average Bonchev–Trinajstić information content (AvgIpc) is 3.01. The molecule has 0 spiro atoms. The van der Waals surface area contributed by atoms with Crippen molar-refractivity contribution in [3.8, 4) is 0 Å². The summed E-state index contributed by atoms with van der Waals surface area (Å²) in [4.78, 5) is 15.7. The summed E-state index contributed by atoms with van der Waals surface area (Å²) < 4.78 is 0. The number of nitrogens with one attached hydrogen (secondary N) is 2. The molecule has 1 unspecified atom stereocenters. The van der Waals surface area contributed by atoms with Crippen molar-refractivity contribution in [2.75, 3.05) is 19.6 Å². The van der Waals surface area contributed by atoms with Gasteiger partial charge in [0.2, 0.25) is 0 Å². The Morgan fingerprint density at radius 2 is 1.45 bits per heavy atom. The lowest BCUT2D eigenvalue weighted by molar-refractivity contribution is 0.0470. The van der Waals surface area contributed by atoms with Crippen LogP contribution in [0.5, 0.6) is 0 Å². The topological polar surface area (TPSA) is 64.6 Å². The smallest absolute Gasteiger partial charge is 0.315 e. The third kappa shape index (κ3) is 6.94. The van der Waals surface area contributed by atoms with Crippen molar-refractivity contribution in [2.45, 2.75) is 75.5 Å². The molecular formula is C35H45N3O2. The van der Waals surface area contributed by atoms with Crippen LogP contribution in [-0.2, 0) is 5.60 Å². The molecule has 1 heterocycles. The molecule has 3 aromatic rings. The van der Waals surface area contributed by atoms with Crippen LogP contribution in [0.15, 0.2) is 91.0 Å². The highest BCUT2D eigenvalue weighted by Crippen LogP contribution is 2.33. The number of amides is 2. The standard InChI is InChI=1S/C35H45N3O2/c1-27(35(40,31-15-7-3-8-16-31)32-17-9-4-10-18-32)36-34(39)37-33-21-19-28(20-22-33)23-25-38-24-11-14-30(26-38)29-12-5-2-6-13-29/h2-10,12-13,15-18,27-28,30,33,40H,11,14,19-26H2,1H3,(H2,36,37,39)/t27-,28?,30?,33?/m1/s1. The maximum absolute atomic E-state index is 13.1. The Morgan fingerprint density at radius 1 is 0.875 bits per heavy atom. The second kappa shape index (κ2) is 13.5. The van der Waals surface area contributed by atoms with Crippen LogP contribution in [-0.4, -0.2) is 47.8 Å². The van der Waals surface area contributed by atoms with Gasteiger partial charge >= 0.3 is 6.03 Å². The van der Waals surface area contributed by atoms with E-state index in [0.29, 0.717) is 5.92 Å². The van der Waals surface area contributed by atoms with Crippen molar-refractivity contribution in [1.29, 1.82) is 0 Å². The number of hydrogen-bond acceptors (Lipinski definition) is 3. The summed E-state index contributed by atoms with van der Waals surface area (Å²) in [5.74, 6) is 1.40. The fraction of sp³-hybridized carbons (Fsp3) is 0.457. The van der Waals surface area contributed by atoms with Gasteiger partial charge in [0.1, 0.15) is 5.60 Å². The van der Waals surface area contributed by atoms with Gasteiger partial charge in [-0.1, -0.05) is 91.0 Å². The van der Waals surface area contributed by atoms with Crippen LogP contribution < -0.4 is 10.6 Å². The SMILES string of the molecule is C[C@@H](NC(=O)NC1CCC(CCN2CCCC(c3ccccc3)C2)CC1)C(O)(c1ccccc1)c1ccccc1. The summed E-state index contributed by atoms with van der Waals surface area (Å²) in [7, 11) is 0. The molecule has 3 aromatic carbocycles. The summed E-state index contributed by atoms with van der Waals surface area (Å²) in [5.41, 5.74) is 1.68. The van der Waals surface area contributed by atoms with Crippen molar-refractivity contribution >= 4 is 6.03 Å². The van der Waals surface area contributed by atoms with E-state index in [9.17, 15) is 9.90 Å². The van der Waals surface area contributed by atoms with E-state index >= 15 is 0 Å². The van der Waals surface area contributed by atoms with Crippen LogP contribution in [0.4, 0.5) is 4.79 Å². The molecule has 1 saturated heterocycles. The molecule has 3 N–H and O–H groups in total. The van der Waals surface area contributed by atoms with Crippen LogP contribution in [0.1, 0.15) is 74.5 Å². The molecule has 40 heavy (non-hydrogen) atoms. The van der Waals surface area contributed by atoms with E-state index in [1.165, 1.54) is 44.5 Å². The molecule has 1 saturated carbocycles. The highest BCUT2D eigenvalue weighted by molar-refractivity contribution is 5.75. The third-order valence-electron chi connectivity index (χ3n) is 9.21. The van der Waals surface area contributed by atoms with Crippen LogP contribution in [0.3, 0.4) is 0 Å². The molecule has 5 nitrogen and oxygen atoms in total. The number of rotatable bonds is 9. The quantitative estimate of drug-likeness (QED) is 0.293. The Morgan fingerprint density at radius 3 is 2.05 bits per heavy atom. The van der Waals surface area contributed by atoms with E-state index in [1.807, 2.05) is 67.6 Å². The minimum absolute atomic E-state index is 0.183. The van der Waals surface area contributed by atoms with Crippen molar-refractivity contribution in [3.63, 3.8) is 0 Å². The Balaban J connectivity index is 1.08. The van der Waals surface area contributed by atoms with E-state index in [0.717, 1.165) is 42.7 Å². The molecule has 0 bridgehead atoms. The average molecular weight is 540 g/mol. The number of benzene rings is 3. The second-order valence-electron chi connectivity index (χ2n) is 11.9. The number of carbonyl (C=O) groups is 1. The first-order chi connectivity index (χ1) is 19.5. The molecule has 1 aliphatic carbocycles. The van der Waals surface area contributed by atoms with E-state index in [-0.39, 0.29) is 12.1 Å². The molecule has 2 aliphatic rings. The van der Waals surface area contributed by atoms with Gasteiger partial charge in [-0.2, -0.15) is 0 Å². The minimum Gasteiger partial charge on any atom is -0.378 e. The monoisotopic (exact) mass is 539 g/mol. The number of nitrogens with zero attached hydrogens (tertiary/aromatic N) is 1. The summed E-state index contributed by atoms with van der Waals surface area (Å²) in [6.07, 6.45) is 8.18. The number of piperidine rings is 1. The van der Waals surface area contributed by atoms with Gasteiger partial charge in [0.15, 0.2) is 0 Å². The molecule has 0 radical (unpaired) electrons. The first-order valence-corrected chi connectivity index (χ1v) is 15.2. The van der Waals surface area contributed by atoms with Gasteiger partial charge in [-0.25, -0.2) is 4.79 Å². The molecular weight excluding hydrogens is 494 g/mol. The van der Waals surface area contributed by atoms with E-state index in [1.54, 1.807) is 0 Å². The van der Waals surface area contributed by atoms with Gasteiger partial charge in [0, 0.05) is 12.6 Å². The Hall–Kier alpha value is -3.15. The van der Waals surface area contributed by atoms with Gasteiger partial charge in [0.25, 0.3) is 0 Å². The highest BCUT2D eigenvalue weighted by atomic mass is 16.3. The molecule has 1 aliphatic heterocycles. The number of carbonyl (C=O) groups excluding carboxylic acids is 1. The zero-order chi connectivity index (χ0) is 27.8. The summed E-state index contributed by atoms with van der Waals surface area (Å²) >= 11 is 0. The van der Waals surface area contributed by atoms with Crippen molar-refractivity contribution in [3.05, 3.63) is 108 Å². The van der Waals surface area contributed by atoms with Gasteiger partial charge < -0.3 is 20.6 Å². The minimum atomic E-state index is -1.33. The lowest BCUT2D eigenvalue weighted by atomic mass is 9.81. The summed E-state index contributed by atoms with van der Waals surface area (Å²) in [6.45, 7) is 5.45. The summed E-state index contributed by atoms with van der Waals surface area (Å²) in [5, 5.41) is 18.2. The number of urea groups is 1. The Kier molecular flexibility index (Phi) is 9.56. The fourth-order valence-electron chi connectivity index (χ4n) is 6.80. The largest absolute Gasteiger partial charge is 0.378 e. The predicted octanol–water partition coefficient (Wildman–Crippen LogP) is 6.44. The van der Waals surface area contributed by atoms with Crippen LogP contribution in [0.25, 0.3) is 0 Å². The van der Waals surface area contributed by atoms with Crippen molar-refractivity contribution < 1.29 is 9.90 Å². The zero-order valence-corrected chi connectivity index (χ0v) is 23.8. The molecule has 212 valence electrons. The van der Waals surface area contributed by atoms with E-state index < -0.39 is 11.6 Å². The van der Waals surface area contributed by atoms with E-state index in [2.05, 4.69) is 45.9 Å². The van der Waals surface area contributed by atoms with Gasteiger partial charge in [-0.3, -0.25) is 0 Å². The van der Waals surface area contributed by atoms with Gasteiger partial charge in [-0.15, -0.1) is 0 Å². The van der Waals surface area contributed by atoms with Crippen molar-refractivity contribution in [1.82, 2.24) is 15.5 Å². The Labute approximate surface area is 240 Å². The molecule has 2 amide bonds. The zero-order valence-electron chi connectivity index (χ0n) is 23.8. The molecule has 2 fully saturated rings. The fourth-order valence-corrected chi connectivity index (χ4v) is 6.80. The summed E-state index contributed by atoms with van der Waals surface area (Å²) in [6, 6.07) is 29.6. The van der Waals surface area contributed by atoms with Crippen LogP contribution >= 0.6 is 0 Å². The third-order valence-corrected chi connectivity index (χ3v) is 9.21. The molecule has 2 atom stereocenters. The van der Waals surface area contributed by atoms with Gasteiger partial charge in [-0.05, 0) is 93.5 Å². The predicted molar refractivity (Wildman–Crippen MR) is 162 cm³/mol. The number of likely N-dealkylation sites (tertiary alicyclic amines) is 1. The molecule has 5 heteroatoms. The molecule has 0 aromatic heterocycles. The normalized spacial score (nSPS) is 22.8. The maximum Gasteiger partial charge on any atom is 0.315 e. The molecule has 5 rings (SSSR count). The lowest BCUT2D eigenvalue weighted by Gasteiger charge is -2.37. The first kappa shape index (κ1) is 28.4.